The fourth-order valence-corrected chi connectivity index (χ4v) is 0.455. The predicted octanol–water partition coefficient (Wildman–Crippen LogP) is 2.11. The van der Waals surface area contributed by atoms with Crippen LogP contribution in [-0.2, 0) is 4.74 Å². The standard InChI is InChI=1S/C7H12O/c1-4-6-7(3)8-5-2/h4-5,7H,1-2,6H2,3H3. The molecule has 0 aliphatic carbocycles. The number of rotatable bonds is 4. The zero-order chi connectivity index (χ0) is 6.41. The zero-order valence-corrected chi connectivity index (χ0v) is 5.26. The lowest BCUT2D eigenvalue weighted by atomic mass is 10.3. The summed E-state index contributed by atoms with van der Waals surface area (Å²) in [5.41, 5.74) is 0. The van der Waals surface area contributed by atoms with E-state index in [2.05, 4.69) is 13.2 Å². The molecule has 46 valence electrons. The van der Waals surface area contributed by atoms with Crippen LogP contribution in [0.2, 0.25) is 0 Å². The average Bonchev–Trinajstić information content (AvgIpc) is 1.68. The Hall–Kier alpha value is -0.720. The van der Waals surface area contributed by atoms with Gasteiger partial charge in [-0.2, -0.15) is 0 Å². The van der Waals surface area contributed by atoms with Crippen LogP contribution >= 0.6 is 0 Å². The molecule has 0 radical (unpaired) electrons. The van der Waals surface area contributed by atoms with Crippen LogP contribution in [-0.4, -0.2) is 6.10 Å². The molecule has 8 heavy (non-hydrogen) atoms. The van der Waals surface area contributed by atoms with Gasteiger partial charge in [0.1, 0.15) is 0 Å². The highest BCUT2D eigenvalue weighted by Gasteiger charge is 1.92. The van der Waals surface area contributed by atoms with Crippen LogP contribution in [0.4, 0.5) is 0 Å². The third-order valence-corrected chi connectivity index (χ3v) is 0.827. The van der Waals surface area contributed by atoms with Crippen molar-refractivity contribution in [2.75, 3.05) is 0 Å². The number of hydrogen-bond acceptors (Lipinski definition) is 1. The van der Waals surface area contributed by atoms with E-state index in [9.17, 15) is 0 Å². The van der Waals surface area contributed by atoms with Crippen molar-refractivity contribution in [3.63, 3.8) is 0 Å². The van der Waals surface area contributed by atoms with Crippen molar-refractivity contribution >= 4 is 0 Å². The summed E-state index contributed by atoms with van der Waals surface area (Å²) in [7, 11) is 0. The predicted molar refractivity (Wildman–Crippen MR) is 35.6 cm³/mol. The summed E-state index contributed by atoms with van der Waals surface area (Å²) in [4.78, 5) is 0. The van der Waals surface area contributed by atoms with Crippen molar-refractivity contribution in [1.29, 1.82) is 0 Å². The monoisotopic (exact) mass is 112 g/mol. The number of ether oxygens (including phenoxy) is 1. The maximum atomic E-state index is 4.97. The molecule has 0 aromatic carbocycles. The molecule has 0 heterocycles. The molecule has 1 heteroatoms. The van der Waals surface area contributed by atoms with Gasteiger partial charge in [0.2, 0.25) is 0 Å². The molecule has 0 bridgehead atoms. The van der Waals surface area contributed by atoms with E-state index < -0.39 is 0 Å². The van der Waals surface area contributed by atoms with Gasteiger partial charge in [0.05, 0.1) is 12.4 Å². The van der Waals surface area contributed by atoms with E-state index in [1.165, 1.54) is 6.26 Å². The van der Waals surface area contributed by atoms with Crippen molar-refractivity contribution in [1.82, 2.24) is 0 Å². The molecule has 0 amide bonds. The van der Waals surface area contributed by atoms with Gasteiger partial charge in [0.15, 0.2) is 0 Å². The molecule has 0 rings (SSSR count). The second-order valence-electron chi connectivity index (χ2n) is 1.64. The Bertz CT molecular complexity index is 66.5. The summed E-state index contributed by atoms with van der Waals surface area (Å²) < 4.78 is 4.97. The quantitative estimate of drug-likeness (QED) is 0.400. The molecule has 1 nitrogen and oxygen atoms in total. The molecule has 0 N–H and O–H groups in total. The summed E-state index contributed by atoms with van der Waals surface area (Å²) in [5, 5.41) is 0. The van der Waals surface area contributed by atoms with Gasteiger partial charge >= 0.3 is 0 Å². The van der Waals surface area contributed by atoms with Crippen molar-refractivity contribution in [3.05, 3.63) is 25.5 Å². The van der Waals surface area contributed by atoms with Gasteiger partial charge in [-0.05, 0) is 6.92 Å². The van der Waals surface area contributed by atoms with E-state index in [1.54, 1.807) is 0 Å². The van der Waals surface area contributed by atoms with E-state index in [4.69, 9.17) is 4.74 Å². The second kappa shape index (κ2) is 4.44. The van der Waals surface area contributed by atoms with Gasteiger partial charge in [-0.1, -0.05) is 12.7 Å². The van der Waals surface area contributed by atoms with Crippen LogP contribution in [0.15, 0.2) is 25.5 Å². The highest BCUT2D eigenvalue weighted by atomic mass is 16.5. The van der Waals surface area contributed by atoms with E-state index in [1.807, 2.05) is 13.0 Å². The molecular formula is C7H12O. The Morgan fingerprint density at radius 3 is 2.62 bits per heavy atom. The molecule has 0 aliphatic rings. The van der Waals surface area contributed by atoms with Gasteiger partial charge in [-0.25, -0.2) is 0 Å². The zero-order valence-electron chi connectivity index (χ0n) is 5.26. The minimum atomic E-state index is 0.227. The average molecular weight is 112 g/mol. The van der Waals surface area contributed by atoms with E-state index in [-0.39, 0.29) is 6.10 Å². The van der Waals surface area contributed by atoms with Crippen molar-refractivity contribution in [3.8, 4) is 0 Å². The SMILES string of the molecule is C=CCC(C)OC=C. The first-order chi connectivity index (χ1) is 3.81. The van der Waals surface area contributed by atoms with Gasteiger partial charge in [0.25, 0.3) is 0 Å². The van der Waals surface area contributed by atoms with Crippen LogP contribution in [0.1, 0.15) is 13.3 Å². The molecule has 1 unspecified atom stereocenters. The Morgan fingerprint density at radius 1 is 1.62 bits per heavy atom. The van der Waals surface area contributed by atoms with Crippen LogP contribution in [0.3, 0.4) is 0 Å². The minimum Gasteiger partial charge on any atom is -0.499 e. The van der Waals surface area contributed by atoms with Crippen LogP contribution in [0, 0.1) is 0 Å². The van der Waals surface area contributed by atoms with Crippen molar-refractivity contribution in [2.45, 2.75) is 19.4 Å². The van der Waals surface area contributed by atoms with E-state index in [0.29, 0.717) is 0 Å². The Labute approximate surface area is 50.7 Å². The molecule has 1 atom stereocenters. The summed E-state index contributed by atoms with van der Waals surface area (Å²) >= 11 is 0. The summed E-state index contributed by atoms with van der Waals surface area (Å²) in [6.45, 7) is 8.97. The highest BCUT2D eigenvalue weighted by Crippen LogP contribution is 1.96. The lowest BCUT2D eigenvalue weighted by Gasteiger charge is -2.05. The van der Waals surface area contributed by atoms with Crippen LogP contribution in [0.5, 0.6) is 0 Å². The fraction of sp³-hybridized carbons (Fsp3) is 0.429. The molecular weight excluding hydrogens is 100 g/mol. The molecule has 0 spiro atoms. The van der Waals surface area contributed by atoms with Crippen molar-refractivity contribution < 1.29 is 4.74 Å². The fourth-order valence-electron chi connectivity index (χ4n) is 0.455. The lowest BCUT2D eigenvalue weighted by molar-refractivity contribution is 0.165. The maximum Gasteiger partial charge on any atom is 0.0984 e. The molecule has 0 saturated heterocycles. The van der Waals surface area contributed by atoms with Crippen molar-refractivity contribution in [2.24, 2.45) is 0 Å². The van der Waals surface area contributed by atoms with Gasteiger partial charge < -0.3 is 4.74 Å². The molecule has 0 aliphatic heterocycles. The van der Waals surface area contributed by atoms with Gasteiger partial charge in [-0.3, -0.25) is 0 Å². The molecule has 0 aromatic rings. The highest BCUT2D eigenvalue weighted by molar-refractivity contribution is 4.71. The Morgan fingerprint density at radius 2 is 2.25 bits per heavy atom. The van der Waals surface area contributed by atoms with Crippen LogP contribution in [0.25, 0.3) is 0 Å². The summed E-state index contributed by atoms with van der Waals surface area (Å²) in [5.74, 6) is 0. The van der Waals surface area contributed by atoms with Gasteiger partial charge in [-0.15, -0.1) is 6.58 Å². The Balaban J connectivity index is 3.16. The Kier molecular flexibility index (Phi) is 4.04. The first kappa shape index (κ1) is 7.28. The van der Waals surface area contributed by atoms with Crippen LogP contribution < -0.4 is 0 Å². The molecule has 0 saturated carbocycles. The lowest BCUT2D eigenvalue weighted by Crippen LogP contribution is -2.00. The topological polar surface area (TPSA) is 9.23 Å². The number of hydrogen-bond donors (Lipinski definition) is 0. The first-order valence-electron chi connectivity index (χ1n) is 2.68. The third kappa shape index (κ3) is 3.47. The second-order valence-corrected chi connectivity index (χ2v) is 1.64. The first-order valence-corrected chi connectivity index (χ1v) is 2.68. The normalized spacial score (nSPS) is 12.1. The minimum absolute atomic E-state index is 0.227. The molecule has 0 fully saturated rings. The summed E-state index contributed by atoms with van der Waals surface area (Å²) in [6.07, 6.45) is 4.39. The van der Waals surface area contributed by atoms with E-state index >= 15 is 0 Å². The molecule has 0 aromatic heterocycles. The van der Waals surface area contributed by atoms with E-state index in [0.717, 1.165) is 6.42 Å². The summed E-state index contributed by atoms with van der Waals surface area (Å²) in [6, 6.07) is 0. The third-order valence-electron chi connectivity index (χ3n) is 0.827. The largest absolute Gasteiger partial charge is 0.499 e. The van der Waals surface area contributed by atoms with Gasteiger partial charge in [0, 0.05) is 6.42 Å². The maximum absolute atomic E-state index is 4.97. The smallest absolute Gasteiger partial charge is 0.0984 e.